The molecule has 1 saturated carbocycles. The van der Waals surface area contributed by atoms with Crippen LogP contribution in [0.15, 0.2) is 12.2 Å². The number of hydrogen-bond donors (Lipinski definition) is 0. The molecule has 0 amide bonds. The van der Waals surface area contributed by atoms with Gasteiger partial charge in [0.2, 0.25) is 0 Å². The molecular formula is C11H19ClSi. The van der Waals surface area contributed by atoms with Gasteiger partial charge in [0.1, 0.15) is 0 Å². The molecule has 74 valence electrons. The standard InChI is InChI=1S/C11H19ClSi/c1-3-13(4-2)11-6-5-9(7-11)10(12)8-11/h5-6,9-10,13H,3-4,7-8H2,1-2H3. The van der Waals surface area contributed by atoms with Crippen LogP contribution in [0.1, 0.15) is 26.7 Å². The molecule has 0 aromatic carbocycles. The second kappa shape index (κ2) is 3.43. The topological polar surface area (TPSA) is 0 Å². The van der Waals surface area contributed by atoms with Gasteiger partial charge in [-0.2, -0.15) is 0 Å². The Morgan fingerprint density at radius 2 is 2.08 bits per heavy atom. The summed E-state index contributed by atoms with van der Waals surface area (Å²) in [7, 11) is -0.548. The SMILES string of the molecule is CC[SiH](CC)C12C=CC(C1)C(Cl)C2. The summed E-state index contributed by atoms with van der Waals surface area (Å²) in [6.07, 6.45) is 7.60. The van der Waals surface area contributed by atoms with Crippen LogP contribution < -0.4 is 0 Å². The van der Waals surface area contributed by atoms with Crippen LogP contribution in [0.4, 0.5) is 0 Å². The maximum absolute atomic E-state index is 6.33. The predicted molar refractivity (Wildman–Crippen MR) is 62.3 cm³/mol. The first-order valence-electron chi connectivity index (χ1n) is 5.55. The number of halogens is 1. The summed E-state index contributed by atoms with van der Waals surface area (Å²) >= 11 is 6.33. The molecule has 0 aromatic heterocycles. The van der Waals surface area contributed by atoms with Crippen molar-refractivity contribution in [2.24, 2.45) is 5.92 Å². The average molecular weight is 215 g/mol. The highest BCUT2D eigenvalue weighted by atomic mass is 35.5. The lowest BCUT2D eigenvalue weighted by molar-refractivity contribution is 0.688. The lowest BCUT2D eigenvalue weighted by Gasteiger charge is -2.32. The second-order valence-corrected chi connectivity index (χ2v) is 9.43. The second-order valence-electron chi connectivity index (χ2n) is 4.69. The third kappa shape index (κ3) is 1.41. The van der Waals surface area contributed by atoms with Crippen LogP contribution in [0.5, 0.6) is 0 Å². The highest BCUT2D eigenvalue weighted by Gasteiger charge is 2.49. The van der Waals surface area contributed by atoms with Crippen molar-refractivity contribution in [1.82, 2.24) is 0 Å². The molecule has 3 unspecified atom stereocenters. The molecule has 0 aromatic rings. The van der Waals surface area contributed by atoms with Gasteiger partial charge in [0.15, 0.2) is 0 Å². The fourth-order valence-electron chi connectivity index (χ4n) is 3.38. The van der Waals surface area contributed by atoms with E-state index in [1.807, 2.05) is 0 Å². The van der Waals surface area contributed by atoms with Crippen molar-refractivity contribution in [2.45, 2.75) is 49.2 Å². The van der Waals surface area contributed by atoms with Gasteiger partial charge in [-0.25, -0.2) is 0 Å². The van der Waals surface area contributed by atoms with Gasteiger partial charge in [0.05, 0.1) is 0 Å². The molecule has 2 rings (SSSR count). The Morgan fingerprint density at radius 3 is 2.46 bits per heavy atom. The van der Waals surface area contributed by atoms with Crippen molar-refractivity contribution in [3.05, 3.63) is 12.2 Å². The van der Waals surface area contributed by atoms with Gasteiger partial charge < -0.3 is 0 Å². The zero-order valence-electron chi connectivity index (χ0n) is 8.59. The van der Waals surface area contributed by atoms with E-state index in [1.54, 1.807) is 0 Å². The minimum atomic E-state index is -0.548. The van der Waals surface area contributed by atoms with Crippen LogP contribution in [-0.4, -0.2) is 14.2 Å². The molecule has 1 fully saturated rings. The summed E-state index contributed by atoms with van der Waals surface area (Å²) < 4.78 is 0. The van der Waals surface area contributed by atoms with E-state index in [1.165, 1.54) is 24.9 Å². The van der Waals surface area contributed by atoms with Crippen molar-refractivity contribution in [2.75, 3.05) is 0 Å². The molecule has 0 N–H and O–H groups in total. The van der Waals surface area contributed by atoms with Crippen LogP contribution in [0, 0.1) is 5.92 Å². The highest BCUT2D eigenvalue weighted by Crippen LogP contribution is 2.59. The van der Waals surface area contributed by atoms with Crippen LogP contribution >= 0.6 is 11.6 Å². The summed E-state index contributed by atoms with van der Waals surface area (Å²) in [4.78, 5) is 0. The zero-order chi connectivity index (χ0) is 9.47. The number of alkyl halides is 1. The van der Waals surface area contributed by atoms with Crippen molar-refractivity contribution in [1.29, 1.82) is 0 Å². The van der Waals surface area contributed by atoms with Gasteiger partial charge in [0, 0.05) is 14.2 Å². The minimum Gasteiger partial charge on any atom is -0.122 e. The van der Waals surface area contributed by atoms with Gasteiger partial charge >= 0.3 is 0 Å². The smallest absolute Gasteiger partial charge is 0.0476 e. The Hall–Kier alpha value is 0.247. The average Bonchev–Trinajstić information content (AvgIpc) is 2.64. The van der Waals surface area contributed by atoms with E-state index in [4.69, 9.17) is 11.6 Å². The van der Waals surface area contributed by atoms with Gasteiger partial charge in [0.25, 0.3) is 0 Å². The summed E-state index contributed by atoms with van der Waals surface area (Å²) in [5.41, 5.74) is 0. The van der Waals surface area contributed by atoms with Crippen molar-refractivity contribution in [3.8, 4) is 0 Å². The van der Waals surface area contributed by atoms with Crippen molar-refractivity contribution >= 4 is 20.4 Å². The van der Waals surface area contributed by atoms with Crippen molar-refractivity contribution < 1.29 is 0 Å². The monoisotopic (exact) mass is 214 g/mol. The highest BCUT2D eigenvalue weighted by molar-refractivity contribution is 6.63. The Labute approximate surface area is 88.0 Å². The summed E-state index contributed by atoms with van der Waals surface area (Å²) in [5, 5.41) is 1.08. The zero-order valence-corrected chi connectivity index (χ0v) is 10.5. The molecule has 0 aliphatic heterocycles. The normalized spacial score (nSPS) is 42.2. The first-order chi connectivity index (χ1) is 6.22. The molecule has 2 heteroatoms. The molecule has 3 atom stereocenters. The molecule has 2 aliphatic carbocycles. The van der Waals surface area contributed by atoms with E-state index < -0.39 is 8.80 Å². The Balaban J connectivity index is 2.18. The maximum Gasteiger partial charge on any atom is 0.0476 e. The summed E-state index contributed by atoms with van der Waals surface area (Å²) in [6.45, 7) is 4.75. The van der Waals surface area contributed by atoms with Gasteiger partial charge in [-0.15, -0.1) is 11.6 Å². The molecule has 0 radical (unpaired) electrons. The van der Waals surface area contributed by atoms with E-state index >= 15 is 0 Å². The first-order valence-corrected chi connectivity index (χ1v) is 8.20. The molecule has 13 heavy (non-hydrogen) atoms. The van der Waals surface area contributed by atoms with Crippen molar-refractivity contribution in [3.63, 3.8) is 0 Å². The largest absolute Gasteiger partial charge is 0.122 e. The van der Waals surface area contributed by atoms with Gasteiger partial charge in [-0.05, 0) is 23.8 Å². The molecular weight excluding hydrogens is 196 g/mol. The number of hydrogen-bond acceptors (Lipinski definition) is 0. The van der Waals surface area contributed by atoms with Gasteiger partial charge in [-0.3, -0.25) is 0 Å². The van der Waals surface area contributed by atoms with Crippen LogP contribution in [0.2, 0.25) is 17.1 Å². The van der Waals surface area contributed by atoms with Crippen LogP contribution in [0.25, 0.3) is 0 Å². The third-order valence-corrected chi connectivity index (χ3v) is 8.87. The Morgan fingerprint density at radius 1 is 1.38 bits per heavy atom. The number of fused-ring (bicyclic) bond motifs is 2. The third-order valence-electron chi connectivity index (χ3n) is 4.13. The molecule has 0 spiro atoms. The lowest BCUT2D eigenvalue weighted by Crippen LogP contribution is -2.27. The first kappa shape index (κ1) is 9.79. The fourth-order valence-corrected chi connectivity index (χ4v) is 7.76. The Kier molecular flexibility index (Phi) is 2.58. The quantitative estimate of drug-likeness (QED) is 0.383. The van der Waals surface area contributed by atoms with E-state index in [0.29, 0.717) is 10.4 Å². The fraction of sp³-hybridized carbons (Fsp3) is 0.818. The molecule has 0 saturated heterocycles. The number of rotatable bonds is 3. The molecule has 2 aliphatic rings. The lowest BCUT2D eigenvalue weighted by atomic mass is 10.1. The number of allylic oxidation sites excluding steroid dienone is 2. The van der Waals surface area contributed by atoms with E-state index in [-0.39, 0.29) is 0 Å². The molecule has 0 heterocycles. The molecule has 2 bridgehead atoms. The van der Waals surface area contributed by atoms with E-state index in [9.17, 15) is 0 Å². The summed E-state index contributed by atoms with van der Waals surface area (Å²) in [6, 6.07) is 2.88. The minimum absolute atomic E-state index is 0.457. The maximum atomic E-state index is 6.33. The van der Waals surface area contributed by atoms with E-state index in [2.05, 4.69) is 26.0 Å². The van der Waals surface area contributed by atoms with E-state index in [0.717, 1.165) is 5.92 Å². The summed E-state index contributed by atoms with van der Waals surface area (Å²) in [5.74, 6) is 0.717. The predicted octanol–water partition coefficient (Wildman–Crippen LogP) is 3.58. The van der Waals surface area contributed by atoms with Crippen LogP contribution in [-0.2, 0) is 0 Å². The molecule has 0 nitrogen and oxygen atoms in total. The van der Waals surface area contributed by atoms with Gasteiger partial charge in [-0.1, -0.05) is 38.1 Å². The Bertz CT molecular complexity index is 222. The van der Waals surface area contributed by atoms with Crippen LogP contribution in [0.3, 0.4) is 0 Å².